The molecule has 9 nitrogen and oxygen atoms in total. The molecule has 0 heterocycles. The molecule has 0 fully saturated rings. The molecule has 0 aliphatic carbocycles. The molecule has 1 atom stereocenters. The van der Waals surface area contributed by atoms with Gasteiger partial charge in [0.25, 0.3) is 5.91 Å². The molecule has 2 aromatic carbocycles. The third kappa shape index (κ3) is 7.47. The smallest absolute Gasteiger partial charge is 0.258 e. The molecule has 0 aliphatic rings. The van der Waals surface area contributed by atoms with E-state index in [1.807, 2.05) is 20.8 Å². The fourth-order valence-electron chi connectivity index (χ4n) is 2.97. The Labute approximate surface area is 214 Å². The highest BCUT2D eigenvalue weighted by molar-refractivity contribution is 6.34. The molecule has 0 bridgehead atoms. The molecular formula is C24H29Cl2N3O6. The zero-order valence-electron chi connectivity index (χ0n) is 20.3. The zero-order chi connectivity index (χ0) is 26.0. The van der Waals surface area contributed by atoms with Crippen LogP contribution in [-0.4, -0.2) is 44.2 Å². The van der Waals surface area contributed by atoms with Crippen LogP contribution in [0.25, 0.3) is 0 Å². The first kappa shape index (κ1) is 28.2. The van der Waals surface area contributed by atoms with E-state index in [1.165, 1.54) is 6.92 Å². The van der Waals surface area contributed by atoms with Gasteiger partial charge in [-0.3, -0.25) is 9.59 Å². The quantitative estimate of drug-likeness (QED) is 0.244. The van der Waals surface area contributed by atoms with E-state index in [0.29, 0.717) is 54.4 Å². The first-order valence-electron chi connectivity index (χ1n) is 11.2. The van der Waals surface area contributed by atoms with Crippen LogP contribution in [0, 0.1) is 0 Å². The average molecular weight is 526 g/mol. The van der Waals surface area contributed by atoms with Gasteiger partial charge in [0.15, 0.2) is 11.5 Å². The van der Waals surface area contributed by atoms with Crippen LogP contribution in [0.2, 0.25) is 10.0 Å². The number of ether oxygens (including phenoxy) is 4. The standard InChI is InChI=1S/C24H29Cl2N3O6/c1-6-32-17-11-10-16(23(21(17)26)35-9-4)27-24(31)22(14(5)30)29-28-15-12-18(33-7-2)20(25)19(13-15)34-8-3/h10-13,22H,6-9H2,1-5H3,(H,27,31). The summed E-state index contributed by atoms with van der Waals surface area (Å²) in [5, 5.41) is 11.2. The maximum absolute atomic E-state index is 13.0. The minimum Gasteiger partial charge on any atom is -0.492 e. The lowest BCUT2D eigenvalue weighted by Gasteiger charge is -2.17. The van der Waals surface area contributed by atoms with Gasteiger partial charge in [-0.15, -0.1) is 0 Å². The molecule has 0 spiro atoms. The second kappa shape index (κ2) is 13.7. The highest BCUT2D eigenvalue weighted by Crippen LogP contribution is 2.41. The van der Waals surface area contributed by atoms with Gasteiger partial charge in [-0.25, -0.2) is 0 Å². The number of rotatable bonds is 13. The van der Waals surface area contributed by atoms with Gasteiger partial charge < -0.3 is 24.3 Å². The molecule has 1 N–H and O–H groups in total. The lowest BCUT2D eigenvalue weighted by Crippen LogP contribution is -2.32. The number of hydrogen-bond acceptors (Lipinski definition) is 8. The van der Waals surface area contributed by atoms with Crippen molar-refractivity contribution in [2.24, 2.45) is 10.2 Å². The molecule has 0 saturated heterocycles. The van der Waals surface area contributed by atoms with Crippen molar-refractivity contribution >= 4 is 46.3 Å². The normalized spacial score (nSPS) is 11.7. The fourth-order valence-corrected chi connectivity index (χ4v) is 3.46. The van der Waals surface area contributed by atoms with E-state index in [4.69, 9.17) is 42.1 Å². The Bertz CT molecular complexity index is 1050. The van der Waals surface area contributed by atoms with Gasteiger partial charge in [0.1, 0.15) is 27.3 Å². The van der Waals surface area contributed by atoms with E-state index in [9.17, 15) is 9.59 Å². The number of Topliss-reactive ketones (excluding diaryl/α,β-unsaturated/α-hetero) is 1. The number of hydrogen-bond donors (Lipinski definition) is 1. The molecule has 2 rings (SSSR count). The molecule has 11 heteroatoms. The van der Waals surface area contributed by atoms with Gasteiger partial charge in [-0.05, 0) is 46.8 Å². The van der Waals surface area contributed by atoms with Gasteiger partial charge in [-0.2, -0.15) is 10.2 Å². The number of nitrogens with one attached hydrogen (secondary N) is 1. The second-order valence-corrected chi connectivity index (χ2v) is 7.72. The Kier molecular flexibility index (Phi) is 11.1. The number of halogens is 2. The summed E-state index contributed by atoms with van der Waals surface area (Å²) >= 11 is 12.7. The summed E-state index contributed by atoms with van der Waals surface area (Å²) < 4.78 is 22.1. The number of benzene rings is 2. The van der Waals surface area contributed by atoms with E-state index in [-0.39, 0.29) is 16.5 Å². The number of amides is 1. The zero-order valence-corrected chi connectivity index (χ0v) is 21.8. The van der Waals surface area contributed by atoms with Crippen molar-refractivity contribution in [2.45, 2.75) is 40.7 Å². The summed E-state index contributed by atoms with van der Waals surface area (Å²) in [6.45, 7) is 9.92. The van der Waals surface area contributed by atoms with Crippen LogP contribution >= 0.6 is 23.2 Å². The van der Waals surface area contributed by atoms with Gasteiger partial charge in [0.2, 0.25) is 6.04 Å². The molecular weight excluding hydrogens is 497 g/mol. The number of carbonyl (C=O) groups is 2. The van der Waals surface area contributed by atoms with Crippen LogP contribution in [0.5, 0.6) is 23.0 Å². The van der Waals surface area contributed by atoms with Crippen LogP contribution in [-0.2, 0) is 9.59 Å². The van der Waals surface area contributed by atoms with Crippen LogP contribution < -0.4 is 24.3 Å². The van der Waals surface area contributed by atoms with Crippen LogP contribution in [0.1, 0.15) is 34.6 Å². The topological polar surface area (TPSA) is 108 Å². The van der Waals surface area contributed by atoms with Crippen molar-refractivity contribution in [1.82, 2.24) is 0 Å². The van der Waals surface area contributed by atoms with Crippen LogP contribution in [0.15, 0.2) is 34.5 Å². The summed E-state index contributed by atoms with van der Waals surface area (Å²) in [5.41, 5.74) is 0.579. The minimum atomic E-state index is -1.42. The third-order valence-corrected chi connectivity index (χ3v) is 5.15. The number of azo groups is 1. The lowest BCUT2D eigenvalue weighted by atomic mass is 10.2. The Hall–Kier alpha value is -3.04. The molecule has 190 valence electrons. The first-order valence-corrected chi connectivity index (χ1v) is 11.9. The Morgan fingerprint density at radius 2 is 1.40 bits per heavy atom. The van der Waals surface area contributed by atoms with E-state index >= 15 is 0 Å². The average Bonchev–Trinajstić information content (AvgIpc) is 2.81. The Morgan fingerprint density at radius 1 is 0.857 bits per heavy atom. The fraction of sp³-hybridized carbons (Fsp3) is 0.417. The van der Waals surface area contributed by atoms with Gasteiger partial charge in [0.05, 0.1) is 37.8 Å². The number of nitrogens with zero attached hydrogens (tertiary/aromatic N) is 2. The molecule has 0 radical (unpaired) electrons. The van der Waals surface area contributed by atoms with E-state index in [2.05, 4.69) is 15.5 Å². The summed E-state index contributed by atoms with van der Waals surface area (Å²) in [7, 11) is 0. The van der Waals surface area contributed by atoms with Crippen molar-refractivity contribution in [1.29, 1.82) is 0 Å². The van der Waals surface area contributed by atoms with Crippen molar-refractivity contribution in [3.05, 3.63) is 34.3 Å². The molecule has 0 saturated carbocycles. The Balaban J connectivity index is 2.35. The van der Waals surface area contributed by atoms with E-state index in [1.54, 1.807) is 31.2 Å². The molecule has 0 aromatic heterocycles. The summed E-state index contributed by atoms with van der Waals surface area (Å²) in [6.07, 6.45) is 0. The van der Waals surface area contributed by atoms with Crippen molar-refractivity contribution in [3.8, 4) is 23.0 Å². The molecule has 35 heavy (non-hydrogen) atoms. The lowest BCUT2D eigenvalue weighted by molar-refractivity contribution is -0.126. The highest BCUT2D eigenvalue weighted by Gasteiger charge is 2.25. The van der Waals surface area contributed by atoms with Crippen LogP contribution in [0.3, 0.4) is 0 Å². The highest BCUT2D eigenvalue weighted by atomic mass is 35.5. The molecule has 2 aromatic rings. The largest absolute Gasteiger partial charge is 0.492 e. The van der Waals surface area contributed by atoms with Gasteiger partial charge >= 0.3 is 0 Å². The number of ketones is 1. The van der Waals surface area contributed by atoms with Gasteiger partial charge in [-0.1, -0.05) is 23.2 Å². The maximum Gasteiger partial charge on any atom is 0.258 e. The van der Waals surface area contributed by atoms with E-state index in [0.717, 1.165) is 0 Å². The third-order valence-electron chi connectivity index (χ3n) is 4.42. The van der Waals surface area contributed by atoms with Gasteiger partial charge in [0, 0.05) is 12.1 Å². The van der Waals surface area contributed by atoms with Crippen molar-refractivity contribution in [3.63, 3.8) is 0 Å². The Morgan fingerprint density at radius 3 is 1.91 bits per heavy atom. The summed E-state index contributed by atoms with van der Waals surface area (Å²) in [6, 6.07) is 4.86. The number of anilines is 1. The predicted molar refractivity (Wildman–Crippen MR) is 135 cm³/mol. The molecule has 1 amide bonds. The van der Waals surface area contributed by atoms with Crippen molar-refractivity contribution in [2.75, 3.05) is 31.7 Å². The first-order chi connectivity index (χ1) is 16.8. The SMILES string of the molecule is CCOc1cc(N=NC(C(C)=O)C(=O)Nc2ccc(OCC)c(Cl)c2OCC)cc(OCC)c1Cl. The predicted octanol–water partition coefficient (Wildman–Crippen LogP) is 6.27. The maximum atomic E-state index is 13.0. The summed E-state index contributed by atoms with van der Waals surface area (Å²) in [4.78, 5) is 25.2. The van der Waals surface area contributed by atoms with Crippen molar-refractivity contribution < 1.29 is 28.5 Å². The van der Waals surface area contributed by atoms with E-state index < -0.39 is 17.7 Å². The molecule has 1 unspecified atom stereocenters. The number of carbonyl (C=O) groups excluding carboxylic acids is 2. The molecule has 0 aliphatic heterocycles. The second-order valence-electron chi connectivity index (χ2n) is 6.96. The van der Waals surface area contributed by atoms with Crippen LogP contribution in [0.4, 0.5) is 11.4 Å². The monoisotopic (exact) mass is 525 g/mol. The minimum absolute atomic E-state index is 0.209. The summed E-state index contributed by atoms with van der Waals surface area (Å²) in [5.74, 6) is 0.132.